The molecule has 0 aliphatic carbocycles. The maximum absolute atomic E-state index is 10.7. The van der Waals surface area contributed by atoms with Crippen molar-refractivity contribution >= 4 is 21.6 Å². The first-order chi connectivity index (χ1) is 7.65. The lowest BCUT2D eigenvalue weighted by Crippen LogP contribution is -1.99. The van der Waals surface area contributed by atoms with Crippen molar-refractivity contribution in [2.24, 2.45) is 5.73 Å². The van der Waals surface area contributed by atoms with E-state index in [2.05, 4.69) is 15.9 Å². The van der Waals surface area contributed by atoms with E-state index >= 15 is 0 Å². The number of halogens is 1. The summed E-state index contributed by atoms with van der Waals surface area (Å²) >= 11 is 3.17. The van der Waals surface area contributed by atoms with Crippen LogP contribution in [0.2, 0.25) is 0 Å². The van der Waals surface area contributed by atoms with Gasteiger partial charge < -0.3 is 10.5 Å². The summed E-state index contributed by atoms with van der Waals surface area (Å²) in [5.41, 5.74) is 5.19. The van der Waals surface area contributed by atoms with E-state index in [4.69, 9.17) is 10.5 Å². The predicted octanol–water partition coefficient (Wildman–Crippen LogP) is 2.25. The Kier molecular flexibility index (Phi) is 4.94. The number of benzene rings is 1. The molecule has 0 fully saturated rings. The van der Waals surface area contributed by atoms with Crippen LogP contribution in [-0.2, 0) is 0 Å². The lowest BCUT2D eigenvalue weighted by atomic mass is 10.3. The van der Waals surface area contributed by atoms with Gasteiger partial charge >= 0.3 is 5.69 Å². The first kappa shape index (κ1) is 12.7. The van der Waals surface area contributed by atoms with Crippen molar-refractivity contribution in [2.45, 2.75) is 0 Å². The Morgan fingerprint density at radius 3 is 2.88 bits per heavy atom. The molecule has 0 aromatic heterocycles. The van der Waals surface area contributed by atoms with Gasteiger partial charge in [0.15, 0.2) is 5.75 Å². The van der Waals surface area contributed by atoms with Gasteiger partial charge in [0, 0.05) is 17.1 Å². The van der Waals surface area contributed by atoms with E-state index in [0.717, 1.165) is 0 Å². The zero-order valence-electron chi connectivity index (χ0n) is 8.43. The van der Waals surface area contributed by atoms with E-state index in [1.165, 1.54) is 6.07 Å². The summed E-state index contributed by atoms with van der Waals surface area (Å²) in [6.07, 6.45) is 3.44. The lowest BCUT2D eigenvalue weighted by molar-refractivity contribution is -0.385. The van der Waals surface area contributed by atoms with Gasteiger partial charge in [-0.3, -0.25) is 10.1 Å². The smallest absolute Gasteiger partial charge is 0.312 e. The quantitative estimate of drug-likeness (QED) is 0.512. The number of hydrogen-bond donors (Lipinski definition) is 1. The first-order valence-corrected chi connectivity index (χ1v) is 5.36. The molecule has 1 aromatic rings. The largest absolute Gasteiger partial charge is 0.483 e. The highest BCUT2D eigenvalue weighted by Crippen LogP contribution is 2.29. The molecule has 0 spiro atoms. The molecule has 1 aromatic carbocycles. The number of nitrogens with zero attached hydrogens (tertiary/aromatic N) is 1. The fraction of sp³-hybridized carbons (Fsp3) is 0.200. The van der Waals surface area contributed by atoms with E-state index in [1.807, 2.05) is 0 Å². The maximum atomic E-state index is 10.7. The highest BCUT2D eigenvalue weighted by atomic mass is 79.9. The van der Waals surface area contributed by atoms with Gasteiger partial charge in [-0.2, -0.15) is 0 Å². The lowest BCUT2D eigenvalue weighted by Gasteiger charge is -2.04. The average molecular weight is 287 g/mol. The molecule has 0 atom stereocenters. The molecule has 0 amide bonds. The van der Waals surface area contributed by atoms with Crippen LogP contribution < -0.4 is 10.5 Å². The fourth-order valence-electron chi connectivity index (χ4n) is 1.06. The summed E-state index contributed by atoms with van der Waals surface area (Å²) in [5, 5.41) is 10.7. The Morgan fingerprint density at radius 2 is 2.25 bits per heavy atom. The Bertz CT molecular complexity index is 407. The van der Waals surface area contributed by atoms with Gasteiger partial charge in [-0.1, -0.05) is 28.1 Å². The second kappa shape index (κ2) is 6.24. The molecule has 2 N–H and O–H groups in total. The van der Waals surface area contributed by atoms with Crippen molar-refractivity contribution in [3.05, 3.63) is 44.9 Å². The third kappa shape index (κ3) is 3.63. The van der Waals surface area contributed by atoms with Gasteiger partial charge in [-0.25, -0.2) is 0 Å². The fourth-order valence-corrected chi connectivity index (χ4v) is 1.41. The van der Waals surface area contributed by atoms with Crippen LogP contribution in [0.5, 0.6) is 5.75 Å². The molecule has 1 rings (SSSR count). The normalized spacial score (nSPS) is 10.6. The average Bonchev–Trinajstić information content (AvgIpc) is 2.26. The second-order valence-electron chi connectivity index (χ2n) is 2.89. The predicted molar refractivity (Wildman–Crippen MR) is 64.5 cm³/mol. The monoisotopic (exact) mass is 286 g/mol. The summed E-state index contributed by atoms with van der Waals surface area (Å²) in [7, 11) is 0. The SMILES string of the molecule is NCC=CCOc1ccc(Br)cc1[N+](=O)[O-]. The van der Waals surface area contributed by atoms with Gasteiger partial charge in [0.2, 0.25) is 0 Å². The van der Waals surface area contributed by atoms with Crippen molar-refractivity contribution in [3.63, 3.8) is 0 Å². The molecule has 0 saturated carbocycles. The van der Waals surface area contributed by atoms with Crippen LogP contribution in [0.4, 0.5) is 5.69 Å². The summed E-state index contributed by atoms with van der Waals surface area (Å²) < 4.78 is 5.89. The number of hydrogen-bond acceptors (Lipinski definition) is 4. The van der Waals surface area contributed by atoms with E-state index in [-0.39, 0.29) is 18.0 Å². The minimum Gasteiger partial charge on any atom is -0.483 e. The van der Waals surface area contributed by atoms with Gasteiger partial charge in [0.1, 0.15) is 6.61 Å². The van der Waals surface area contributed by atoms with E-state index in [0.29, 0.717) is 11.0 Å². The molecule has 0 aliphatic heterocycles. The van der Waals surface area contributed by atoms with Crippen LogP contribution in [0.25, 0.3) is 0 Å². The van der Waals surface area contributed by atoms with Gasteiger partial charge in [-0.05, 0) is 12.1 Å². The van der Waals surface area contributed by atoms with Crippen LogP contribution in [0.1, 0.15) is 0 Å². The van der Waals surface area contributed by atoms with Crippen molar-refractivity contribution in [1.29, 1.82) is 0 Å². The number of rotatable bonds is 5. The summed E-state index contributed by atoms with van der Waals surface area (Å²) in [5.74, 6) is 0.245. The van der Waals surface area contributed by atoms with E-state index in [9.17, 15) is 10.1 Å². The minimum absolute atomic E-state index is 0.0597. The topological polar surface area (TPSA) is 78.4 Å². The zero-order chi connectivity index (χ0) is 12.0. The molecule has 0 bridgehead atoms. The molecule has 0 unspecified atom stereocenters. The summed E-state index contributed by atoms with van der Waals surface area (Å²) in [4.78, 5) is 10.3. The van der Waals surface area contributed by atoms with Crippen LogP contribution in [0.3, 0.4) is 0 Å². The molecule has 16 heavy (non-hydrogen) atoms. The van der Waals surface area contributed by atoms with Crippen molar-refractivity contribution in [3.8, 4) is 5.75 Å². The third-order valence-electron chi connectivity index (χ3n) is 1.76. The Morgan fingerprint density at radius 1 is 1.50 bits per heavy atom. The number of nitro benzene ring substituents is 1. The molecule has 86 valence electrons. The zero-order valence-corrected chi connectivity index (χ0v) is 10.0. The Hall–Kier alpha value is -1.40. The molecular formula is C10H11BrN2O3. The molecule has 5 nitrogen and oxygen atoms in total. The van der Waals surface area contributed by atoms with Crippen LogP contribution in [0.15, 0.2) is 34.8 Å². The first-order valence-electron chi connectivity index (χ1n) is 4.57. The second-order valence-corrected chi connectivity index (χ2v) is 3.80. The minimum atomic E-state index is -0.479. The maximum Gasteiger partial charge on any atom is 0.312 e. The summed E-state index contributed by atoms with van der Waals surface area (Å²) in [6, 6.07) is 4.65. The van der Waals surface area contributed by atoms with Gasteiger partial charge in [-0.15, -0.1) is 0 Å². The third-order valence-corrected chi connectivity index (χ3v) is 2.25. The summed E-state index contributed by atoms with van der Waals surface area (Å²) in [6.45, 7) is 0.686. The molecule has 0 saturated heterocycles. The van der Waals surface area contributed by atoms with Crippen LogP contribution >= 0.6 is 15.9 Å². The molecule has 0 heterocycles. The van der Waals surface area contributed by atoms with E-state index in [1.54, 1.807) is 24.3 Å². The van der Waals surface area contributed by atoms with E-state index < -0.39 is 4.92 Å². The highest BCUT2D eigenvalue weighted by Gasteiger charge is 2.14. The Balaban J connectivity index is 2.78. The standard InChI is InChI=1S/C10H11BrN2O3/c11-8-3-4-10(9(7-8)13(14)15)16-6-2-1-5-12/h1-4,7H,5-6,12H2. The van der Waals surface area contributed by atoms with Crippen molar-refractivity contribution < 1.29 is 9.66 Å². The van der Waals surface area contributed by atoms with Gasteiger partial charge in [0.25, 0.3) is 0 Å². The molecule has 0 radical (unpaired) electrons. The Labute approximate surface area is 101 Å². The number of nitrogens with two attached hydrogens (primary N) is 1. The van der Waals surface area contributed by atoms with Crippen molar-refractivity contribution in [1.82, 2.24) is 0 Å². The van der Waals surface area contributed by atoms with Crippen molar-refractivity contribution in [2.75, 3.05) is 13.2 Å². The van der Waals surface area contributed by atoms with Crippen LogP contribution in [0, 0.1) is 10.1 Å². The molecule has 6 heteroatoms. The molecular weight excluding hydrogens is 276 g/mol. The van der Waals surface area contributed by atoms with Crippen LogP contribution in [-0.4, -0.2) is 18.1 Å². The molecule has 0 aliphatic rings. The number of nitro groups is 1. The van der Waals surface area contributed by atoms with Gasteiger partial charge in [0.05, 0.1) is 4.92 Å². The number of ether oxygens (including phenoxy) is 1. The highest BCUT2D eigenvalue weighted by molar-refractivity contribution is 9.10.